The first kappa shape index (κ1) is 14.5. The van der Waals surface area contributed by atoms with Gasteiger partial charge in [-0.1, -0.05) is 29.8 Å². The molecular formula is C14H20BrFO. The highest BCUT2D eigenvalue weighted by Crippen LogP contribution is 2.30. The molecule has 0 bridgehead atoms. The summed E-state index contributed by atoms with van der Waals surface area (Å²) in [6.45, 7) is 6.75. The van der Waals surface area contributed by atoms with E-state index in [1.165, 1.54) is 6.07 Å². The van der Waals surface area contributed by atoms with Crippen molar-refractivity contribution >= 4 is 15.9 Å². The smallest absolute Gasteiger partial charge is 0.126 e. The SMILES string of the molecule is CCC(CC)(CBr)COc1ccc(F)c(C)c1. The molecule has 0 unspecified atom stereocenters. The van der Waals surface area contributed by atoms with E-state index in [-0.39, 0.29) is 11.2 Å². The maximum atomic E-state index is 13.1. The second kappa shape index (κ2) is 6.39. The zero-order valence-corrected chi connectivity index (χ0v) is 12.3. The summed E-state index contributed by atoms with van der Waals surface area (Å²) in [4.78, 5) is 0. The number of ether oxygens (including phenoxy) is 1. The van der Waals surface area contributed by atoms with Crippen LogP contribution < -0.4 is 4.74 Å². The average Bonchev–Trinajstić information content (AvgIpc) is 2.36. The fourth-order valence-corrected chi connectivity index (χ4v) is 2.58. The summed E-state index contributed by atoms with van der Waals surface area (Å²) in [6, 6.07) is 4.89. The van der Waals surface area contributed by atoms with Gasteiger partial charge < -0.3 is 4.74 Å². The van der Waals surface area contributed by atoms with Crippen LogP contribution in [0.2, 0.25) is 0 Å². The van der Waals surface area contributed by atoms with Crippen LogP contribution in [0.4, 0.5) is 4.39 Å². The molecule has 0 N–H and O–H groups in total. The van der Waals surface area contributed by atoms with Crippen molar-refractivity contribution < 1.29 is 9.13 Å². The van der Waals surface area contributed by atoms with Gasteiger partial charge in [-0.2, -0.15) is 0 Å². The molecule has 0 spiro atoms. The lowest BCUT2D eigenvalue weighted by atomic mass is 9.86. The lowest BCUT2D eigenvalue weighted by molar-refractivity contribution is 0.157. The highest BCUT2D eigenvalue weighted by molar-refractivity contribution is 9.09. The molecule has 17 heavy (non-hydrogen) atoms. The van der Waals surface area contributed by atoms with Crippen LogP contribution in [-0.2, 0) is 0 Å². The van der Waals surface area contributed by atoms with E-state index in [4.69, 9.17) is 4.74 Å². The lowest BCUT2D eigenvalue weighted by Gasteiger charge is -2.29. The highest BCUT2D eigenvalue weighted by atomic mass is 79.9. The van der Waals surface area contributed by atoms with Crippen molar-refractivity contribution in [3.8, 4) is 5.75 Å². The summed E-state index contributed by atoms with van der Waals surface area (Å²) < 4.78 is 18.9. The number of hydrogen-bond donors (Lipinski definition) is 0. The molecule has 96 valence electrons. The molecule has 1 nitrogen and oxygen atoms in total. The summed E-state index contributed by atoms with van der Waals surface area (Å²) in [5.41, 5.74) is 0.794. The number of benzene rings is 1. The number of halogens is 2. The van der Waals surface area contributed by atoms with Gasteiger partial charge in [-0.05, 0) is 43.5 Å². The Morgan fingerprint density at radius 2 is 1.94 bits per heavy atom. The third-order valence-corrected chi connectivity index (χ3v) is 4.65. The van der Waals surface area contributed by atoms with Gasteiger partial charge >= 0.3 is 0 Å². The predicted octanol–water partition coefficient (Wildman–Crippen LogP) is 4.71. The average molecular weight is 303 g/mol. The van der Waals surface area contributed by atoms with Gasteiger partial charge in [-0.25, -0.2) is 4.39 Å². The van der Waals surface area contributed by atoms with E-state index in [9.17, 15) is 4.39 Å². The number of rotatable bonds is 6. The zero-order valence-electron chi connectivity index (χ0n) is 10.7. The van der Waals surface area contributed by atoms with E-state index < -0.39 is 0 Å². The summed E-state index contributed by atoms with van der Waals surface area (Å²) in [5, 5.41) is 0.924. The quantitative estimate of drug-likeness (QED) is 0.691. The largest absolute Gasteiger partial charge is 0.493 e. The Bertz CT molecular complexity index is 353. The second-order valence-corrected chi connectivity index (χ2v) is 5.10. The zero-order chi connectivity index (χ0) is 12.9. The van der Waals surface area contributed by atoms with E-state index in [1.54, 1.807) is 19.1 Å². The molecule has 1 rings (SSSR count). The lowest BCUT2D eigenvalue weighted by Crippen LogP contribution is -2.29. The van der Waals surface area contributed by atoms with Crippen LogP contribution in [0.3, 0.4) is 0 Å². The Morgan fingerprint density at radius 3 is 2.41 bits per heavy atom. The molecule has 0 atom stereocenters. The Morgan fingerprint density at radius 1 is 1.29 bits per heavy atom. The fraction of sp³-hybridized carbons (Fsp3) is 0.571. The monoisotopic (exact) mass is 302 g/mol. The third-order valence-electron chi connectivity index (χ3n) is 3.46. The van der Waals surface area contributed by atoms with E-state index in [0.29, 0.717) is 12.2 Å². The summed E-state index contributed by atoms with van der Waals surface area (Å²) in [7, 11) is 0. The third kappa shape index (κ3) is 3.70. The van der Waals surface area contributed by atoms with Gasteiger partial charge in [-0.15, -0.1) is 0 Å². The molecule has 0 heterocycles. The molecular weight excluding hydrogens is 283 g/mol. The standard InChI is InChI=1S/C14H20BrFO/c1-4-14(5-2,9-15)10-17-12-6-7-13(16)11(3)8-12/h6-8H,4-5,9-10H2,1-3H3. The van der Waals surface area contributed by atoms with Crippen LogP contribution in [-0.4, -0.2) is 11.9 Å². The van der Waals surface area contributed by atoms with Gasteiger partial charge in [0, 0.05) is 10.7 Å². The molecule has 0 fully saturated rings. The minimum Gasteiger partial charge on any atom is -0.493 e. The van der Waals surface area contributed by atoms with Gasteiger partial charge in [0.05, 0.1) is 6.61 Å². The van der Waals surface area contributed by atoms with E-state index in [2.05, 4.69) is 29.8 Å². The molecule has 0 amide bonds. The molecule has 0 saturated heterocycles. The minimum atomic E-state index is -0.185. The summed E-state index contributed by atoms with van der Waals surface area (Å²) in [6.07, 6.45) is 2.13. The maximum absolute atomic E-state index is 13.1. The van der Waals surface area contributed by atoms with Crippen molar-refractivity contribution in [3.05, 3.63) is 29.6 Å². The maximum Gasteiger partial charge on any atom is 0.126 e. The molecule has 3 heteroatoms. The van der Waals surface area contributed by atoms with Gasteiger partial charge in [0.2, 0.25) is 0 Å². The minimum absolute atomic E-state index is 0.169. The van der Waals surface area contributed by atoms with Gasteiger partial charge in [0.15, 0.2) is 0 Å². The van der Waals surface area contributed by atoms with Gasteiger partial charge in [-0.3, -0.25) is 0 Å². The molecule has 1 aromatic carbocycles. The molecule has 0 saturated carbocycles. The van der Waals surface area contributed by atoms with Crippen molar-refractivity contribution in [2.75, 3.05) is 11.9 Å². The molecule has 0 aliphatic carbocycles. The predicted molar refractivity (Wildman–Crippen MR) is 73.4 cm³/mol. The van der Waals surface area contributed by atoms with Gasteiger partial charge in [0.1, 0.15) is 11.6 Å². The molecule has 0 aliphatic heterocycles. The summed E-state index contributed by atoms with van der Waals surface area (Å²) in [5.74, 6) is 0.561. The Labute approximate surface area is 111 Å². The second-order valence-electron chi connectivity index (χ2n) is 4.54. The van der Waals surface area contributed by atoms with Crippen LogP contribution in [0.5, 0.6) is 5.75 Å². The topological polar surface area (TPSA) is 9.23 Å². The van der Waals surface area contributed by atoms with Crippen LogP contribution in [0.25, 0.3) is 0 Å². The first-order chi connectivity index (χ1) is 8.06. The van der Waals surface area contributed by atoms with Crippen molar-refractivity contribution in [3.63, 3.8) is 0 Å². The van der Waals surface area contributed by atoms with Gasteiger partial charge in [0.25, 0.3) is 0 Å². The Kier molecular flexibility index (Phi) is 5.44. The van der Waals surface area contributed by atoms with Crippen LogP contribution >= 0.6 is 15.9 Å². The molecule has 0 radical (unpaired) electrons. The van der Waals surface area contributed by atoms with Crippen LogP contribution in [0.15, 0.2) is 18.2 Å². The van der Waals surface area contributed by atoms with Crippen LogP contribution in [0.1, 0.15) is 32.3 Å². The van der Waals surface area contributed by atoms with Crippen molar-refractivity contribution in [2.24, 2.45) is 5.41 Å². The highest BCUT2D eigenvalue weighted by Gasteiger charge is 2.25. The number of hydrogen-bond acceptors (Lipinski definition) is 1. The first-order valence-corrected chi connectivity index (χ1v) is 7.14. The number of alkyl halides is 1. The van der Waals surface area contributed by atoms with Crippen molar-refractivity contribution in [1.29, 1.82) is 0 Å². The van der Waals surface area contributed by atoms with Crippen LogP contribution in [0, 0.1) is 18.2 Å². The molecule has 0 aliphatic rings. The Hall–Kier alpha value is -0.570. The van der Waals surface area contributed by atoms with Crippen molar-refractivity contribution in [2.45, 2.75) is 33.6 Å². The first-order valence-electron chi connectivity index (χ1n) is 6.02. The van der Waals surface area contributed by atoms with E-state index in [0.717, 1.165) is 23.9 Å². The summed E-state index contributed by atoms with van der Waals surface area (Å²) >= 11 is 3.55. The number of aryl methyl sites for hydroxylation is 1. The van der Waals surface area contributed by atoms with Crippen molar-refractivity contribution in [1.82, 2.24) is 0 Å². The van der Waals surface area contributed by atoms with E-state index in [1.807, 2.05) is 0 Å². The molecule has 1 aromatic rings. The fourth-order valence-electron chi connectivity index (χ4n) is 1.63. The molecule has 0 aromatic heterocycles. The Balaban J connectivity index is 2.68. The normalized spacial score (nSPS) is 11.6. The van der Waals surface area contributed by atoms with E-state index >= 15 is 0 Å².